The first kappa shape index (κ1) is 11.2. The summed E-state index contributed by atoms with van der Waals surface area (Å²) >= 11 is 2.29. The van der Waals surface area contributed by atoms with Gasteiger partial charge in [0.1, 0.15) is 0 Å². The van der Waals surface area contributed by atoms with Crippen molar-refractivity contribution in [1.29, 1.82) is 0 Å². The van der Waals surface area contributed by atoms with Gasteiger partial charge in [0.25, 0.3) is 0 Å². The average molecular weight is 327 g/mol. The van der Waals surface area contributed by atoms with Crippen molar-refractivity contribution in [3.8, 4) is 0 Å². The summed E-state index contributed by atoms with van der Waals surface area (Å²) in [5.74, 6) is -0.989. The summed E-state index contributed by atoms with van der Waals surface area (Å²) in [6.07, 6.45) is 0. The van der Waals surface area contributed by atoms with Gasteiger partial charge in [-0.15, -0.1) is 0 Å². The predicted molar refractivity (Wildman–Crippen MR) is 73.0 cm³/mol. The van der Waals surface area contributed by atoms with Crippen LogP contribution < -0.4 is 5.73 Å². The molecule has 0 aliphatic rings. The number of fused-ring (bicyclic) bond motifs is 1. The highest BCUT2D eigenvalue weighted by Gasteiger charge is 2.09. The van der Waals surface area contributed by atoms with Crippen molar-refractivity contribution in [1.82, 2.24) is 0 Å². The van der Waals surface area contributed by atoms with Gasteiger partial charge in [-0.2, -0.15) is 0 Å². The van der Waals surface area contributed by atoms with Crippen molar-refractivity contribution >= 4 is 45.0 Å². The average Bonchev–Trinajstić information content (AvgIpc) is 2.27. The lowest BCUT2D eigenvalue weighted by Gasteiger charge is -2.05. The first-order chi connectivity index (χ1) is 7.61. The second-order valence-corrected chi connectivity index (χ2v) is 4.32. The Morgan fingerprint density at radius 2 is 2.00 bits per heavy atom. The van der Waals surface area contributed by atoms with Crippen LogP contribution in [0.3, 0.4) is 0 Å². The fourth-order valence-corrected chi connectivity index (χ4v) is 2.11. The second-order valence-electron chi connectivity index (χ2n) is 3.56. The number of carbonyl (C=O) groups is 1. The number of carboxylic acid groups (broad SMARTS) is 1. The maximum absolute atomic E-state index is 10.9. The highest BCUT2D eigenvalue weighted by molar-refractivity contribution is 14.1. The van der Waals surface area contributed by atoms with Gasteiger partial charge in [-0.25, -0.2) is 4.79 Å². The molecule has 0 unspecified atom stereocenters. The number of anilines is 1. The first-order valence-corrected chi connectivity index (χ1v) is 6.26. The molecule has 2 aromatic rings. The first-order valence-electron chi connectivity index (χ1n) is 4.73. The van der Waals surface area contributed by atoms with E-state index in [0.717, 1.165) is 15.2 Å². The zero-order valence-electron chi connectivity index (χ0n) is 8.40. The van der Waals surface area contributed by atoms with Crippen molar-refractivity contribution < 1.29 is 9.90 Å². The Bertz CT molecular complexity index is 566. The van der Waals surface area contributed by atoms with E-state index in [1.165, 1.54) is 5.56 Å². The third kappa shape index (κ3) is 1.97. The van der Waals surface area contributed by atoms with Crippen molar-refractivity contribution in [2.75, 3.05) is 5.73 Å². The lowest BCUT2D eigenvalue weighted by molar-refractivity contribution is 0.0698. The van der Waals surface area contributed by atoms with Crippen LogP contribution in [0.25, 0.3) is 10.8 Å². The van der Waals surface area contributed by atoms with Gasteiger partial charge in [0.2, 0.25) is 0 Å². The molecule has 0 saturated carbocycles. The summed E-state index contributed by atoms with van der Waals surface area (Å²) in [7, 11) is 0. The maximum atomic E-state index is 10.9. The molecule has 0 aliphatic carbocycles. The molecule has 0 saturated heterocycles. The lowest BCUT2D eigenvalue weighted by Crippen LogP contribution is -2.02. The zero-order chi connectivity index (χ0) is 11.7. The molecule has 0 bridgehead atoms. The molecular weight excluding hydrogens is 317 g/mol. The summed E-state index contributed by atoms with van der Waals surface area (Å²) in [5.41, 5.74) is 7.37. The normalized spacial score (nSPS) is 10.6. The van der Waals surface area contributed by atoms with Crippen molar-refractivity contribution in [2.24, 2.45) is 0 Å². The molecule has 2 rings (SSSR count). The van der Waals surface area contributed by atoms with E-state index in [-0.39, 0.29) is 5.56 Å². The van der Waals surface area contributed by atoms with Gasteiger partial charge in [0.05, 0.1) is 5.56 Å². The van der Waals surface area contributed by atoms with Gasteiger partial charge in [-0.1, -0.05) is 40.8 Å². The molecule has 0 aromatic heterocycles. The number of halogens is 1. The Morgan fingerprint density at radius 1 is 1.25 bits per heavy atom. The number of nitrogens with two attached hydrogens (primary N) is 1. The number of carboxylic acids is 1. The molecule has 16 heavy (non-hydrogen) atoms. The molecule has 0 aliphatic heterocycles. The summed E-state index contributed by atoms with van der Waals surface area (Å²) in [6.45, 7) is 0. The van der Waals surface area contributed by atoms with Crippen LogP contribution in [0.4, 0.5) is 5.69 Å². The fraction of sp³-hybridized carbons (Fsp3) is 0.0833. The van der Waals surface area contributed by atoms with E-state index in [1.54, 1.807) is 12.1 Å². The van der Waals surface area contributed by atoms with Crippen LogP contribution in [0.1, 0.15) is 15.9 Å². The third-order valence-corrected chi connectivity index (χ3v) is 3.34. The van der Waals surface area contributed by atoms with E-state index in [2.05, 4.69) is 22.6 Å². The Kier molecular flexibility index (Phi) is 3.00. The number of benzene rings is 2. The Labute approximate surface area is 106 Å². The minimum absolute atomic E-state index is 0.162. The van der Waals surface area contributed by atoms with E-state index < -0.39 is 5.97 Å². The van der Waals surface area contributed by atoms with Crippen molar-refractivity contribution in [3.63, 3.8) is 0 Å². The van der Waals surface area contributed by atoms with Crippen LogP contribution in [-0.4, -0.2) is 11.1 Å². The molecule has 3 N–H and O–H groups in total. The van der Waals surface area contributed by atoms with E-state index in [4.69, 9.17) is 10.8 Å². The molecule has 2 aromatic carbocycles. The lowest BCUT2D eigenvalue weighted by atomic mass is 10.0. The standard InChI is InChI=1S/C12H10INO2/c13-6-7-1-2-8-4-10(12(15)16)11(14)5-9(8)3-7/h1-5H,6,14H2,(H,15,16). The smallest absolute Gasteiger partial charge is 0.337 e. The van der Waals surface area contributed by atoms with E-state index in [0.29, 0.717) is 5.69 Å². The highest BCUT2D eigenvalue weighted by Crippen LogP contribution is 2.24. The van der Waals surface area contributed by atoms with Crippen molar-refractivity contribution in [3.05, 3.63) is 41.5 Å². The molecule has 0 spiro atoms. The molecule has 3 nitrogen and oxygen atoms in total. The highest BCUT2D eigenvalue weighted by atomic mass is 127. The van der Waals surface area contributed by atoms with Gasteiger partial charge < -0.3 is 10.8 Å². The summed E-state index contributed by atoms with van der Waals surface area (Å²) in [4.78, 5) is 10.9. The van der Waals surface area contributed by atoms with Gasteiger partial charge in [-0.3, -0.25) is 0 Å². The Morgan fingerprint density at radius 3 is 2.62 bits per heavy atom. The van der Waals surface area contributed by atoms with Crippen LogP contribution in [0, 0.1) is 0 Å². The topological polar surface area (TPSA) is 63.3 Å². The SMILES string of the molecule is Nc1cc2cc(CI)ccc2cc1C(=O)O. The maximum Gasteiger partial charge on any atom is 0.337 e. The fourth-order valence-electron chi connectivity index (χ4n) is 1.63. The zero-order valence-corrected chi connectivity index (χ0v) is 10.6. The van der Waals surface area contributed by atoms with E-state index >= 15 is 0 Å². The predicted octanol–water partition coefficient (Wildman–Crippen LogP) is 3.06. The minimum Gasteiger partial charge on any atom is -0.478 e. The molecule has 0 amide bonds. The third-order valence-electron chi connectivity index (χ3n) is 2.46. The minimum atomic E-state index is -0.989. The Hall–Kier alpha value is -1.30. The molecule has 0 heterocycles. The number of aromatic carboxylic acids is 1. The Balaban J connectivity index is 2.68. The molecule has 0 atom stereocenters. The monoisotopic (exact) mass is 327 g/mol. The van der Waals surface area contributed by atoms with Crippen LogP contribution in [0.15, 0.2) is 30.3 Å². The number of hydrogen-bond donors (Lipinski definition) is 2. The van der Waals surface area contributed by atoms with Crippen molar-refractivity contribution in [2.45, 2.75) is 4.43 Å². The molecule has 0 radical (unpaired) electrons. The van der Waals surface area contributed by atoms with Gasteiger partial charge in [0, 0.05) is 10.1 Å². The van der Waals surface area contributed by atoms with Gasteiger partial charge >= 0.3 is 5.97 Å². The van der Waals surface area contributed by atoms with E-state index in [9.17, 15) is 4.79 Å². The van der Waals surface area contributed by atoms with Crippen LogP contribution in [0.2, 0.25) is 0 Å². The van der Waals surface area contributed by atoms with Gasteiger partial charge in [0.15, 0.2) is 0 Å². The van der Waals surface area contributed by atoms with E-state index in [1.807, 2.05) is 18.2 Å². The van der Waals surface area contributed by atoms with Crippen LogP contribution in [-0.2, 0) is 4.43 Å². The molecule has 82 valence electrons. The second kappa shape index (κ2) is 4.29. The largest absolute Gasteiger partial charge is 0.478 e. The molecule has 4 heteroatoms. The number of nitrogen functional groups attached to an aromatic ring is 1. The molecular formula is C12H10INO2. The summed E-state index contributed by atoms with van der Waals surface area (Å²) in [6, 6.07) is 9.29. The summed E-state index contributed by atoms with van der Waals surface area (Å²) in [5, 5.41) is 10.8. The number of rotatable bonds is 2. The summed E-state index contributed by atoms with van der Waals surface area (Å²) < 4.78 is 0.925. The van der Waals surface area contributed by atoms with Gasteiger partial charge in [-0.05, 0) is 28.5 Å². The van der Waals surface area contributed by atoms with Crippen LogP contribution >= 0.6 is 22.6 Å². The number of hydrogen-bond acceptors (Lipinski definition) is 2. The quantitative estimate of drug-likeness (QED) is 0.506. The number of alkyl halides is 1. The van der Waals surface area contributed by atoms with Crippen LogP contribution in [0.5, 0.6) is 0 Å². The molecule has 0 fully saturated rings.